The Kier molecular flexibility index (Phi) is 3.27. The molecule has 0 aromatic carbocycles. The third-order valence-electron chi connectivity index (χ3n) is 3.27. The zero-order valence-electron chi connectivity index (χ0n) is 11.4. The zero-order valence-corrected chi connectivity index (χ0v) is 11.4. The molecule has 3 aromatic heterocycles. The van der Waals surface area contributed by atoms with Crippen LogP contribution >= 0.6 is 0 Å². The van der Waals surface area contributed by atoms with Gasteiger partial charge in [-0.05, 0) is 18.2 Å². The second kappa shape index (κ2) is 5.24. The molecule has 0 bridgehead atoms. The van der Waals surface area contributed by atoms with E-state index in [0.717, 1.165) is 5.65 Å². The molecular formula is C15H14N4O2. The predicted molar refractivity (Wildman–Crippen MR) is 77.0 cm³/mol. The van der Waals surface area contributed by atoms with Crippen LogP contribution in [0.4, 0.5) is 0 Å². The number of amides is 1. The van der Waals surface area contributed by atoms with E-state index in [0.29, 0.717) is 17.1 Å². The molecule has 0 fully saturated rings. The highest BCUT2D eigenvalue weighted by molar-refractivity contribution is 5.85. The summed E-state index contributed by atoms with van der Waals surface area (Å²) >= 11 is 0. The van der Waals surface area contributed by atoms with Crippen molar-refractivity contribution < 1.29 is 9.53 Å². The minimum Gasteiger partial charge on any atom is -0.481 e. The summed E-state index contributed by atoms with van der Waals surface area (Å²) < 4.78 is 7.06. The molecule has 21 heavy (non-hydrogen) atoms. The maximum atomic E-state index is 11.9. The first kappa shape index (κ1) is 13.1. The molecule has 0 saturated carbocycles. The van der Waals surface area contributed by atoms with Crippen LogP contribution in [-0.2, 0) is 4.79 Å². The van der Waals surface area contributed by atoms with Crippen LogP contribution in [0.25, 0.3) is 5.65 Å². The third kappa shape index (κ3) is 2.31. The monoisotopic (exact) mass is 282 g/mol. The molecule has 3 aromatic rings. The van der Waals surface area contributed by atoms with Crippen molar-refractivity contribution in [3.05, 3.63) is 60.2 Å². The number of ether oxygens (including phenoxy) is 1. The van der Waals surface area contributed by atoms with E-state index in [1.165, 1.54) is 7.11 Å². The number of rotatable bonds is 4. The number of aromatic nitrogens is 3. The lowest BCUT2D eigenvalue weighted by Gasteiger charge is -2.13. The first-order chi connectivity index (χ1) is 10.2. The minimum atomic E-state index is -0.700. The predicted octanol–water partition coefficient (Wildman–Crippen LogP) is 1.36. The molecule has 1 amide bonds. The number of methoxy groups -OCH3 is 1. The van der Waals surface area contributed by atoms with Gasteiger partial charge >= 0.3 is 0 Å². The van der Waals surface area contributed by atoms with Crippen molar-refractivity contribution in [2.45, 2.75) is 5.92 Å². The quantitative estimate of drug-likeness (QED) is 0.783. The van der Waals surface area contributed by atoms with E-state index in [2.05, 4.69) is 9.97 Å². The molecular weight excluding hydrogens is 268 g/mol. The standard InChI is InChI=1S/C15H14N4O2/c1-21-15-10(5-4-7-17-15)13(14(16)20)11-9-19-8-3-2-6-12(19)18-11/h2-9,13H,1H3,(H2,16,20). The molecule has 106 valence electrons. The van der Waals surface area contributed by atoms with Gasteiger partial charge in [-0.15, -0.1) is 0 Å². The van der Waals surface area contributed by atoms with Crippen LogP contribution in [0.1, 0.15) is 17.2 Å². The number of pyridine rings is 2. The van der Waals surface area contributed by atoms with E-state index in [-0.39, 0.29) is 0 Å². The molecule has 2 N–H and O–H groups in total. The van der Waals surface area contributed by atoms with Gasteiger partial charge < -0.3 is 14.9 Å². The van der Waals surface area contributed by atoms with Crippen molar-refractivity contribution >= 4 is 11.6 Å². The SMILES string of the molecule is COc1ncccc1C(C(N)=O)c1cn2ccccc2n1. The lowest BCUT2D eigenvalue weighted by Crippen LogP contribution is -2.23. The number of hydrogen-bond acceptors (Lipinski definition) is 4. The molecule has 3 rings (SSSR count). The highest BCUT2D eigenvalue weighted by atomic mass is 16.5. The summed E-state index contributed by atoms with van der Waals surface area (Å²) in [6.45, 7) is 0. The summed E-state index contributed by atoms with van der Waals surface area (Å²) in [5, 5.41) is 0. The number of fused-ring (bicyclic) bond motifs is 1. The highest BCUT2D eigenvalue weighted by Crippen LogP contribution is 2.29. The molecule has 0 radical (unpaired) electrons. The summed E-state index contributed by atoms with van der Waals surface area (Å²) in [5.41, 5.74) is 7.50. The Balaban J connectivity index is 2.15. The first-order valence-electron chi connectivity index (χ1n) is 6.42. The van der Waals surface area contributed by atoms with Crippen LogP contribution in [0, 0.1) is 0 Å². The lowest BCUT2D eigenvalue weighted by molar-refractivity contribution is -0.118. The van der Waals surface area contributed by atoms with Gasteiger partial charge in [0.2, 0.25) is 11.8 Å². The van der Waals surface area contributed by atoms with Crippen molar-refractivity contribution in [3.8, 4) is 5.88 Å². The topological polar surface area (TPSA) is 82.5 Å². The van der Waals surface area contributed by atoms with Crippen LogP contribution in [-0.4, -0.2) is 27.4 Å². The second-order valence-electron chi connectivity index (χ2n) is 4.57. The van der Waals surface area contributed by atoms with Crippen molar-refractivity contribution in [3.63, 3.8) is 0 Å². The maximum Gasteiger partial charge on any atom is 0.231 e. The molecule has 0 aliphatic carbocycles. The molecule has 3 heterocycles. The molecule has 1 unspecified atom stereocenters. The van der Waals surface area contributed by atoms with Crippen LogP contribution in [0.2, 0.25) is 0 Å². The Labute approximate surface area is 121 Å². The van der Waals surface area contributed by atoms with Gasteiger partial charge in [0.1, 0.15) is 11.6 Å². The summed E-state index contributed by atoms with van der Waals surface area (Å²) in [6, 6.07) is 9.15. The fourth-order valence-corrected chi connectivity index (χ4v) is 2.35. The number of carbonyl (C=O) groups is 1. The number of nitrogens with zero attached hydrogens (tertiary/aromatic N) is 3. The van der Waals surface area contributed by atoms with Gasteiger partial charge in [0, 0.05) is 24.2 Å². The Morgan fingerprint density at radius 2 is 2.19 bits per heavy atom. The fraction of sp³-hybridized carbons (Fsp3) is 0.133. The van der Waals surface area contributed by atoms with Gasteiger partial charge in [0.05, 0.1) is 12.8 Å². The van der Waals surface area contributed by atoms with Crippen molar-refractivity contribution in [1.82, 2.24) is 14.4 Å². The zero-order chi connectivity index (χ0) is 14.8. The largest absolute Gasteiger partial charge is 0.481 e. The summed E-state index contributed by atoms with van der Waals surface area (Å²) in [4.78, 5) is 20.5. The molecule has 6 heteroatoms. The summed E-state index contributed by atoms with van der Waals surface area (Å²) in [7, 11) is 1.51. The Morgan fingerprint density at radius 1 is 1.33 bits per heavy atom. The second-order valence-corrected chi connectivity index (χ2v) is 4.57. The highest BCUT2D eigenvalue weighted by Gasteiger charge is 2.26. The minimum absolute atomic E-state index is 0.373. The normalized spacial score (nSPS) is 12.2. The molecule has 6 nitrogen and oxygen atoms in total. The average Bonchev–Trinajstić information content (AvgIpc) is 2.90. The molecule has 0 aliphatic heterocycles. The van der Waals surface area contributed by atoms with Gasteiger partial charge in [0.25, 0.3) is 0 Å². The van der Waals surface area contributed by atoms with Crippen molar-refractivity contribution in [1.29, 1.82) is 0 Å². The average molecular weight is 282 g/mol. The summed E-state index contributed by atoms with van der Waals surface area (Å²) in [5.74, 6) is -0.823. The molecule has 0 aliphatic rings. The van der Waals surface area contributed by atoms with E-state index in [9.17, 15) is 4.79 Å². The van der Waals surface area contributed by atoms with Gasteiger partial charge in [-0.2, -0.15) is 0 Å². The fourth-order valence-electron chi connectivity index (χ4n) is 2.35. The van der Waals surface area contributed by atoms with E-state index in [1.54, 1.807) is 24.5 Å². The Bertz CT molecular complexity index is 764. The number of hydrogen-bond donors (Lipinski definition) is 1. The van der Waals surface area contributed by atoms with E-state index < -0.39 is 11.8 Å². The smallest absolute Gasteiger partial charge is 0.231 e. The van der Waals surface area contributed by atoms with Crippen molar-refractivity contribution in [2.24, 2.45) is 5.73 Å². The lowest BCUT2D eigenvalue weighted by atomic mass is 9.96. The summed E-state index contributed by atoms with van der Waals surface area (Å²) in [6.07, 6.45) is 5.26. The van der Waals surface area contributed by atoms with Crippen LogP contribution in [0.15, 0.2) is 48.9 Å². The van der Waals surface area contributed by atoms with Crippen LogP contribution in [0.5, 0.6) is 5.88 Å². The molecule has 0 saturated heterocycles. The Morgan fingerprint density at radius 3 is 2.90 bits per heavy atom. The first-order valence-corrected chi connectivity index (χ1v) is 6.42. The van der Waals surface area contributed by atoms with E-state index in [1.807, 2.05) is 28.8 Å². The van der Waals surface area contributed by atoms with Crippen LogP contribution in [0.3, 0.4) is 0 Å². The Hall–Kier alpha value is -2.89. The van der Waals surface area contributed by atoms with Gasteiger partial charge in [-0.25, -0.2) is 9.97 Å². The molecule has 0 spiro atoms. The van der Waals surface area contributed by atoms with Gasteiger partial charge in [-0.1, -0.05) is 12.1 Å². The number of carbonyl (C=O) groups excluding carboxylic acids is 1. The number of primary amides is 1. The van der Waals surface area contributed by atoms with E-state index >= 15 is 0 Å². The van der Waals surface area contributed by atoms with Crippen molar-refractivity contribution in [2.75, 3.05) is 7.11 Å². The number of nitrogens with two attached hydrogens (primary N) is 1. The van der Waals surface area contributed by atoms with Gasteiger partial charge in [0.15, 0.2) is 0 Å². The molecule has 1 atom stereocenters. The van der Waals surface area contributed by atoms with E-state index in [4.69, 9.17) is 10.5 Å². The maximum absolute atomic E-state index is 11.9. The van der Waals surface area contributed by atoms with Gasteiger partial charge in [-0.3, -0.25) is 4.79 Å². The van der Waals surface area contributed by atoms with Crippen LogP contribution < -0.4 is 10.5 Å². The number of imidazole rings is 1. The third-order valence-corrected chi connectivity index (χ3v) is 3.27.